The van der Waals surface area contributed by atoms with Crippen molar-refractivity contribution in [2.24, 2.45) is 21.7 Å². The molecule has 0 aliphatic carbocycles. The molecule has 0 aliphatic rings. The molecule has 0 unspecified atom stereocenters. The Balaban J connectivity index is 0.00000149. The summed E-state index contributed by atoms with van der Waals surface area (Å²) in [5, 5.41) is 7.54. The van der Waals surface area contributed by atoms with E-state index in [0.717, 1.165) is 0 Å². The van der Waals surface area contributed by atoms with Gasteiger partial charge >= 0.3 is 46.6 Å². The van der Waals surface area contributed by atoms with Crippen molar-refractivity contribution in [1.82, 2.24) is 15.8 Å². The van der Waals surface area contributed by atoms with Crippen LogP contribution in [0.4, 0.5) is 9.59 Å². The molecule has 1 heterocycles. The second-order valence-corrected chi connectivity index (χ2v) is 8.48. The van der Waals surface area contributed by atoms with E-state index in [-0.39, 0.29) is 0 Å². The number of halogens is 2. The third-order valence-corrected chi connectivity index (χ3v) is 2.16. The molecule has 4 amide bonds. The van der Waals surface area contributed by atoms with Crippen molar-refractivity contribution in [2.75, 3.05) is 0 Å². The van der Waals surface area contributed by atoms with E-state index in [2.05, 4.69) is 26.0 Å². The number of nitrogens with two attached hydrogens (primary N) is 2. The predicted molar refractivity (Wildman–Crippen MR) is 85.8 cm³/mol. The van der Waals surface area contributed by atoms with Gasteiger partial charge in [-0.1, -0.05) is 6.07 Å². The van der Waals surface area contributed by atoms with Crippen molar-refractivity contribution in [2.45, 2.75) is 13.8 Å². The number of carbonyl (C=O) groups is 2. The normalized spacial score (nSPS) is 10.8. The van der Waals surface area contributed by atoms with E-state index in [9.17, 15) is 9.59 Å². The summed E-state index contributed by atoms with van der Waals surface area (Å²) in [5.74, 6) is 0. The summed E-state index contributed by atoms with van der Waals surface area (Å²) >= 11 is -0.931. The van der Waals surface area contributed by atoms with Crippen LogP contribution in [0.25, 0.3) is 0 Å². The molecule has 1 aromatic rings. The van der Waals surface area contributed by atoms with Gasteiger partial charge in [-0.05, 0) is 26.0 Å². The molecule has 0 saturated heterocycles. The molecule has 1 rings (SSSR count). The van der Waals surface area contributed by atoms with Gasteiger partial charge in [0.1, 0.15) is 0 Å². The summed E-state index contributed by atoms with van der Waals surface area (Å²) in [7, 11) is 9.90. The molecule has 0 radical (unpaired) electrons. The van der Waals surface area contributed by atoms with Gasteiger partial charge < -0.3 is 11.5 Å². The number of primary amides is 2. The fraction of sp³-hybridized carbons (Fsp3) is 0.182. The second kappa shape index (κ2) is 11.8. The molecule has 0 spiro atoms. The zero-order chi connectivity index (χ0) is 17.8. The maximum absolute atomic E-state index is 10.6. The van der Waals surface area contributed by atoms with Crippen LogP contribution < -0.4 is 22.3 Å². The summed E-state index contributed by atoms with van der Waals surface area (Å²) in [6, 6.07) is 3.64. The fourth-order valence-corrected chi connectivity index (χ4v) is 1.23. The number of carbonyl (C=O) groups excluding carboxylic acids is 2. The number of nitrogens with one attached hydrogen (secondary N) is 2. The first kappa shape index (κ1) is 21.2. The topological polar surface area (TPSA) is 148 Å². The summed E-state index contributed by atoms with van der Waals surface area (Å²) < 4.78 is 0. The number of urea groups is 2. The van der Waals surface area contributed by atoms with Gasteiger partial charge in [-0.2, -0.15) is 10.2 Å². The van der Waals surface area contributed by atoms with Crippen molar-refractivity contribution < 1.29 is 24.7 Å². The third kappa shape index (κ3) is 9.77. The molecular weight excluding hydrogens is 398 g/mol. The average molecular weight is 414 g/mol. The number of amides is 4. The fourth-order valence-electron chi connectivity index (χ4n) is 1.23. The number of hydrogen-bond acceptors (Lipinski definition) is 5. The number of rotatable bonds is 4. The number of hydrogen-bond donors (Lipinski definition) is 4. The van der Waals surface area contributed by atoms with Gasteiger partial charge in [0.2, 0.25) is 0 Å². The molecule has 122 valence electrons. The van der Waals surface area contributed by atoms with Crippen LogP contribution in [0.5, 0.6) is 0 Å². The molecule has 9 nitrogen and oxygen atoms in total. The number of hydrazone groups is 2. The Morgan fingerprint density at radius 2 is 1.39 bits per heavy atom. The molecule has 0 fully saturated rings. The molecule has 0 saturated carbocycles. The molecule has 6 N–H and O–H groups in total. The Labute approximate surface area is 148 Å². The van der Waals surface area contributed by atoms with Crippen molar-refractivity contribution in [3.8, 4) is 0 Å². The Morgan fingerprint density at radius 1 is 1.04 bits per heavy atom. The van der Waals surface area contributed by atoms with E-state index in [4.69, 9.17) is 30.8 Å². The van der Waals surface area contributed by atoms with Crippen molar-refractivity contribution in [3.63, 3.8) is 0 Å². The molecule has 1 aromatic heterocycles. The average Bonchev–Trinajstić information content (AvgIpc) is 2.51. The van der Waals surface area contributed by atoms with E-state index < -0.39 is 27.2 Å². The van der Waals surface area contributed by atoms with Gasteiger partial charge in [0.15, 0.2) is 0 Å². The monoisotopic (exact) mass is 411 g/mol. The van der Waals surface area contributed by atoms with E-state index in [1.54, 1.807) is 32.0 Å². The molecule has 0 atom stereocenters. The van der Waals surface area contributed by atoms with Crippen molar-refractivity contribution >= 4 is 42.9 Å². The van der Waals surface area contributed by atoms with E-state index >= 15 is 0 Å². The first-order valence-electron chi connectivity index (χ1n) is 6.11. The van der Waals surface area contributed by atoms with Gasteiger partial charge in [0.05, 0.1) is 22.8 Å². The van der Waals surface area contributed by atoms with Gasteiger partial charge in [0.25, 0.3) is 0 Å². The quantitative estimate of drug-likeness (QED) is 0.334. The maximum atomic E-state index is 10.6. The Morgan fingerprint density at radius 3 is 1.70 bits per heavy atom. The van der Waals surface area contributed by atoms with Crippen LogP contribution >= 0.6 is 19.4 Å². The molecule has 0 aliphatic heterocycles. The number of nitrogens with zero attached hydrogens (tertiary/aromatic N) is 3. The zero-order valence-electron chi connectivity index (χ0n) is 12.5. The number of pyridine rings is 1. The SMILES string of the molecule is CC(=NNC(N)=O)c1cccc(C(C)=NNC(N)=O)n1.[Cl][Zn][Cl]. The van der Waals surface area contributed by atoms with Gasteiger partial charge in [-0.15, -0.1) is 0 Å². The molecule has 0 aromatic carbocycles. The first-order chi connectivity index (χ1) is 10.8. The van der Waals surface area contributed by atoms with Crippen molar-refractivity contribution in [1.29, 1.82) is 0 Å². The number of aromatic nitrogens is 1. The minimum atomic E-state index is -0.931. The van der Waals surface area contributed by atoms with Crippen molar-refractivity contribution in [3.05, 3.63) is 29.6 Å². The zero-order valence-corrected chi connectivity index (χ0v) is 17.0. The van der Waals surface area contributed by atoms with Gasteiger partial charge in [-0.3, -0.25) is 0 Å². The summed E-state index contributed by atoms with van der Waals surface area (Å²) in [6.45, 7) is 3.33. The Hall–Kier alpha value is -1.77. The van der Waals surface area contributed by atoms with E-state index in [1.807, 2.05) is 0 Å². The standard InChI is InChI=1S/C11H15N7O2.2ClH.Zn/c1-6(15-17-10(12)19)8-4-3-5-9(14-8)7(2)16-18-11(13)20;;;/h3-5H,1-2H3,(H3,12,17,19)(H3,13,18,20);2*1H;/q;;;+2/p-2. The molecule has 12 heteroatoms. The molecular formula is C11H15Cl2N7O2Zn. The van der Waals surface area contributed by atoms with Gasteiger partial charge in [0, 0.05) is 0 Å². The predicted octanol–water partition coefficient (Wildman–Crippen LogP) is 1.24. The van der Waals surface area contributed by atoms with Crippen LogP contribution in [0.15, 0.2) is 28.4 Å². The first-order valence-corrected chi connectivity index (χ1v) is 13.9. The Bertz CT molecular complexity index is 563. The molecule has 0 bridgehead atoms. The summed E-state index contributed by atoms with van der Waals surface area (Å²) in [4.78, 5) is 25.4. The molecule has 23 heavy (non-hydrogen) atoms. The Kier molecular flexibility index (Phi) is 10.9. The van der Waals surface area contributed by atoms with Crippen LogP contribution in [0.3, 0.4) is 0 Å². The van der Waals surface area contributed by atoms with Crippen LogP contribution in [-0.2, 0) is 15.1 Å². The van der Waals surface area contributed by atoms with Crippen LogP contribution in [0.1, 0.15) is 25.2 Å². The van der Waals surface area contributed by atoms with Crippen LogP contribution in [0, 0.1) is 0 Å². The van der Waals surface area contributed by atoms with E-state index in [1.165, 1.54) is 0 Å². The van der Waals surface area contributed by atoms with E-state index in [0.29, 0.717) is 22.8 Å². The van der Waals surface area contributed by atoms with Crippen LogP contribution in [-0.4, -0.2) is 28.5 Å². The van der Waals surface area contributed by atoms with Gasteiger partial charge in [-0.25, -0.2) is 25.4 Å². The minimum absolute atomic E-state index is 0.473. The van der Waals surface area contributed by atoms with Crippen LogP contribution in [0.2, 0.25) is 0 Å². The second-order valence-electron chi connectivity index (χ2n) is 3.86. The summed E-state index contributed by atoms with van der Waals surface area (Å²) in [6.07, 6.45) is 0. The summed E-state index contributed by atoms with van der Waals surface area (Å²) in [5.41, 5.74) is 16.1. The third-order valence-electron chi connectivity index (χ3n) is 2.16.